The first-order valence-corrected chi connectivity index (χ1v) is 17.9. The van der Waals surface area contributed by atoms with Crippen molar-refractivity contribution in [1.29, 1.82) is 0 Å². The quantitative estimate of drug-likeness (QED) is 0.221. The first kappa shape index (κ1) is 24.4. The van der Waals surface area contributed by atoms with Crippen LogP contribution in [0, 0.1) is 0 Å². The monoisotopic (exact) mass is 556 g/mol. The molecule has 0 amide bonds. The van der Waals surface area contributed by atoms with E-state index < -0.39 is 21.3 Å². The van der Waals surface area contributed by atoms with E-state index >= 15 is 0 Å². The Morgan fingerprint density at radius 3 is 1.38 bits per heavy atom. The van der Waals surface area contributed by atoms with E-state index in [1.807, 2.05) is 0 Å². The zero-order chi connectivity index (χ0) is 25.4. The van der Waals surface area contributed by atoms with E-state index in [1.54, 1.807) is 22.3 Å². The molecule has 0 radical (unpaired) electrons. The van der Waals surface area contributed by atoms with Gasteiger partial charge in [-0.2, -0.15) is 0 Å². The van der Waals surface area contributed by atoms with Gasteiger partial charge >= 0.3 is 231 Å². The normalized spacial score (nSPS) is 17.6. The summed E-state index contributed by atoms with van der Waals surface area (Å²) >= 11 is -2.20. The van der Waals surface area contributed by atoms with E-state index in [0.29, 0.717) is 7.25 Å². The number of hydrogen-bond donors (Lipinski definition) is 0. The van der Waals surface area contributed by atoms with Crippen LogP contribution in [0.4, 0.5) is 0 Å². The Morgan fingerprint density at radius 1 is 0.568 bits per heavy atom. The van der Waals surface area contributed by atoms with Gasteiger partial charge in [0.15, 0.2) is 0 Å². The zero-order valence-corrected chi connectivity index (χ0v) is 24.5. The van der Waals surface area contributed by atoms with Crippen LogP contribution in [0.3, 0.4) is 0 Å². The topological polar surface area (TPSA) is 0 Å². The molecule has 2 atom stereocenters. The third-order valence-electron chi connectivity index (χ3n) is 8.29. The number of hydrogen-bond acceptors (Lipinski definition) is 0. The van der Waals surface area contributed by atoms with Gasteiger partial charge in [-0.15, -0.1) is 0 Å². The Bertz CT molecular complexity index is 1420. The maximum atomic E-state index is 2.69. The summed E-state index contributed by atoms with van der Waals surface area (Å²) in [6.07, 6.45) is 7.36. The summed E-state index contributed by atoms with van der Waals surface area (Å²) in [6, 6.07) is 36.0. The molecular formula is C36H34Zr. The van der Waals surface area contributed by atoms with Crippen molar-refractivity contribution >= 4 is 15.9 Å². The molecule has 0 saturated heterocycles. The fraction of sp³-hybridized carbons (Fsp3) is 0.194. The molecule has 0 saturated carbocycles. The van der Waals surface area contributed by atoms with Gasteiger partial charge in [0.2, 0.25) is 0 Å². The van der Waals surface area contributed by atoms with Gasteiger partial charge in [0.25, 0.3) is 0 Å². The molecule has 2 aliphatic carbocycles. The van der Waals surface area contributed by atoms with Crippen molar-refractivity contribution in [3.8, 4) is 22.3 Å². The first-order chi connectivity index (χ1) is 18.2. The Labute approximate surface area is 229 Å². The minimum atomic E-state index is -2.20. The molecule has 6 rings (SSSR count). The molecule has 0 nitrogen and oxygen atoms in total. The van der Waals surface area contributed by atoms with Crippen molar-refractivity contribution in [1.82, 2.24) is 0 Å². The first-order valence-electron chi connectivity index (χ1n) is 13.7. The Balaban J connectivity index is 1.49. The molecule has 182 valence electrons. The van der Waals surface area contributed by atoms with Crippen LogP contribution in [-0.2, 0) is 21.3 Å². The van der Waals surface area contributed by atoms with Gasteiger partial charge in [-0.3, -0.25) is 0 Å². The number of allylic oxidation sites excluding steroid dienone is 2. The fourth-order valence-corrected chi connectivity index (χ4v) is 15.5. The Kier molecular flexibility index (Phi) is 6.92. The van der Waals surface area contributed by atoms with Crippen molar-refractivity contribution in [2.45, 2.75) is 40.9 Å². The molecule has 4 aromatic carbocycles. The summed E-state index contributed by atoms with van der Waals surface area (Å²) < 4.78 is 3.89. The van der Waals surface area contributed by atoms with Crippen LogP contribution in [0.1, 0.15) is 63.1 Å². The number of benzene rings is 4. The summed E-state index contributed by atoms with van der Waals surface area (Å²) in [4.78, 5) is 0. The van der Waals surface area contributed by atoms with E-state index in [4.69, 9.17) is 0 Å². The van der Waals surface area contributed by atoms with Crippen molar-refractivity contribution in [2.75, 3.05) is 0 Å². The number of fused-ring (bicyclic) bond motifs is 2. The molecule has 0 N–H and O–H groups in total. The van der Waals surface area contributed by atoms with Gasteiger partial charge in [-0.25, -0.2) is 0 Å². The molecule has 1 heteroatoms. The van der Waals surface area contributed by atoms with Gasteiger partial charge in [-0.05, 0) is 0 Å². The van der Waals surface area contributed by atoms with E-state index in [2.05, 4.69) is 134 Å². The third kappa shape index (κ3) is 4.22. The average Bonchev–Trinajstić information content (AvgIpc) is 3.53. The molecule has 2 unspecified atom stereocenters. The average molecular weight is 558 g/mol. The molecule has 0 fully saturated rings. The van der Waals surface area contributed by atoms with Crippen LogP contribution in [0.15, 0.2) is 108 Å². The Hall–Kier alpha value is -2.89. The molecule has 0 spiro atoms. The van der Waals surface area contributed by atoms with E-state index in [0.717, 1.165) is 12.8 Å². The van der Waals surface area contributed by atoms with Crippen LogP contribution in [0.25, 0.3) is 34.4 Å². The van der Waals surface area contributed by atoms with Crippen molar-refractivity contribution in [3.05, 3.63) is 130 Å². The van der Waals surface area contributed by atoms with E-state index in [1.165, 1.54) is 33.4 Å². The SMILES string of the molecule is C[CH]=[Zr]([CH]1C(CC)=Cc2c(-c3ccccc3)cccc21)[CH]1C(CC)=Cc2c(-c3ccccc3)cccc21. The van der Waals surface area contributed by atoms with Gasteiger partial charge in [0.1, 0.15) is 0 Å². The van der Waals surface area contributed by atoms with Gasteiger partial charge in [0, 0.05) is 0 Å². The fourth-order valence-electron chi connectivity index (χ4n) is 6.57. The molecule has 0 bridgehead atoms. The van der Waals surface area contributed by atoms with Gasteiger partial charge in [0.05, 0.1) is 0 Å². The van der Waals surface area contributed by atoms with Crippen LogP contribution < -0.4 is 0 Å². The summed E-state index contributed by atoms with van der Waals surface area (Å²) in [6.45, 7) is 7.08. The zero-order valence-electron chi connectivity index (χ0n) is 22.0. The molecule has 0 aromatic heterocycles. The van der Waals surface area contributed by atoms with Gasteiger partial charge in [-0.1, -0.05) is 0 Å². The second-order valence-corrected chi connectivity index (χ2v) is 16.9. The third-order valence-corrected chi connectivity index (χ3v) is 16.6. The standard InChI is InChI=1S/2C17H15.C2H4.Zr/c2*1-2-13-11-15-9-6-10-16(17(15)12-13)14-7-4-3-5-8-14;1-2;/h2*3-12H,2H2,1H3;1H,2H3;. The second kappa shape index (κ2) is 10.5. The van der Waals surface area contributed by atoms with Gasteiger partial charge < -0.3 is 0 Å². The molecule has 4 aromatic rings. The minimum absolute atomic E-state index is 0.599. The molecule has 2 aliphatic rings. The van der Waals surface area contributed by atoms with Crippen LogP contribution in [-0.4, -0.2) is 3.71 Å². The second-order valence-electron chi connectivity index (χ2n) is 10.1. The summed E-state index contributed by atoms with van der Waals surface area (Å²) in [5, 5.41) is 0. The molecule has 37 heavy (non-hydrogen) atoms. The van der Waals surface area contributed by atoms with Crippen molar-refractivity contribution < 1.29 is 21.3 Å². The predicted octanol–water partition coefficient (Wildman–Crippen LogP) is 9.86. The molecular weight excluding hydrogens is 524 g/mol. The predicted molar refractivity (Wildman–Crippen MR) is 158 cm³/mol. The Morgan fingerprint density at radius 2 is 1.00 bits per heavy atom. The van der Waals surface area contributed by atoms with Crippen LogP contribution in [0.2, 0.25) is 0 Å². The number of rotatable bonds is 6. The summed E-state index contributed by atoms with van der Waals surface area (Å²) in [7, 11) is 0. The summed E-state index contributed by atoms with van der Waals surface area (Å²) in [5.74, 6) is 0. The van der Waals surface area contributed by atoms with E-state index in [9.17, 15) is 0 Å². The van der Waals surface area contributed by atoms with Crippen molar-refractivity contribution in [2.24, 2.45) is 0 Å². The summed E-state index contributed by atoms with van der Waals surface area (Å²) in [5.41, 5.74) is 14.8. The van der Waals surface area contributed by atoms with Crippen LogP contribution in [0.5, 0.6) is 0 Å². The van der Waals surface area contributed by atoms with E-state index in [-0.39, 0.29) is 0 Å². The van der Waals surface area contributed by atoms with Crippen molar-refractivity contribution in [3.63, 3.8) is 0 Å². The molecule has 0 heterocycles. The van der Waals surface area contributed by atoms with Crippen LogP contribution >= 0.6 is 0 Å². The maximum absolute atomic E-state index is 2.69. The molecule has 0 aliphatic heterocycles.